The number of hydrogen-bond donors (Lipinski definition) is 1. The van der Waals surface area contributed by atoms with Gasteiger partial charge in [-0.3, -0.25) is 0 Å². The van der Waals surface area contributed by atoms with E-state index in [1.807, 2.05) is 0 Å². The monoisotopic (exact) mass is 185 g/mol. The van der Waals surface area contributed by atoms with E-state index < -0.39 is 5.97 Å². The number of ether oxygens (including phenoxy) is 2. The Bertz CT molecular complexity index is 284. The van der Waals surface area contributed by atoms with Gasteiger partial charge in [0.1, 0.15) is 5.69 Å². The second-order valence-electron chi connectivity index (χ2n) is 2.27. The minimum absolute atomic E-state index is 0.184. The number of carbonyl (C=O) groups is 1. The van der Waals surface area contributed by atoms with Gasteiger partial charge in [-0.25, -0.2) is 4.79 Å². The molecule has 1 N–H and O–H groups in total. The van der Waals surface area contributed by atoms with Crippen LogP contribution in [-0.4, -0.2) is 35.1 Å². The summed E-state index contributed by atoms with van der Waals surface area (Å²) in [7, 11) is 1.52. The van der Waals surface area contributed by atoms with Gasteiger partial charge < -0.3 is 9.47 Å². The quantitative estimate of drug-likeness (QED) is 0.674. The molecule has 0 saturated carbocycles. The summed E-state index contributed by atoms with van der Waals surface area (Å²) in [5.74, 6) is -0.483. The van der Waals surface area contributed by atoms with Gasteiger partial charge in [-0.2, -0.15) is 10.3 Å². The lowest BCUT2D eigenvalue weighted by Gasteiger charge is -1.98. The molecule has 0 aliphatic heterocycles. The van der Waals surface area contributed by atoms with Crippen LogP contribution in [-0.2, 0) is 16.1 Å². The molecule has 0 aromatic carbocycles. The van der Waals surface area contributed by atoms with Crippen LogP contribution in [0.5, 0.6) is 0 Å². The maximum absolute atomic E-state index is 11.2. The number of methoxy groups -OCH3 is 1. The van der Waals surface area contributed by atoms with E-state index in [9.17, 15) is 4.79 Å². The molecule has 0 spiro atoms. The largest absolute Gasteiger partial charge is 0.461 e. The van der Waals surface area contributed by atoms with Crippen molar-refractivity contribution in [1.82, 2.24) is 15.4 Å². The molecule has 0 unspecified atom stereocenters. The Morgan fingerprint density at radius 2 is 2.31 bits per heavy atom. The fraction of sp³-hybridized carbons (Fsp3) is 0.571. The van der Waals surface area contributed by atoms with Crippen molar-refractivity contribution in [1.29, 1.82) is 0 Å². The zero-order valence-electron chi connectivity index (χ0n) is 7.53. The average molecular weight is 185 g/mol. The Kier molecular flexibility index (Phi) is 3.39. The number of carbonyl (C=O) groups excluding carboxylic acids is 1. The SMILES string of the molecule is CCOC(=O)c1n[nH]nc1COC. The molecule has 0 bridgehead atoms. The zero-order chi connectivity index (χ0) is 9.68. The first-order valence-electron chi connectivity index (χ1n) is 3.85. The molecular weight excluding hydrogens is 174 g/mol. The lowest BCUT2D eigenvalue weighted by Crippen LogP contribution is -2.08. The molecule has 0 aliphatic rings. The molecule has 0 saturated heterocycles. The summed E-state index contributed by atoms with van der Waals surface area (Å²) in [5, 5.41) is 9.75. The lowest BCUT2D eigenvalue weighted by molar-refractivity contribution is 0.0514. The first kappa shape index (κ1) is 9.66. The predicted molar refractivity (Wildman–Crippen MR) is 43.1 cm³/mol. The van der Waals surface area contributed by atoms with E-state index in [0.717, 1.165) is 0 Å². The highest BCUT2D eigenvalue weighted by Gasteiger charge is 2.16. The number of nitrogens with one attached hydrogen (secondary N) is 1. The molecule has 0 fully saturated rings. The second kappa shape index (κ2) is 4.56. The molecule has 0 aliphatic carbocycles. The van der Waals surface area contributed by atoms with Gasteiger partial charge in [0, 0.05) is 7.11 Å². The molecule has 1 rings (SSSR count). The van der Waals surface area contributed by atoms with Gasteiger partial charge in [-0.15, -0.1) is 5.10 Å². The number of aromatic amines is 1. The van der Waals surface area contributed by atoms with Crippen LogP contribution in [0.25, 0.3) is 0 Å². The molecule has 6 heteroatoms. The van der Waals surface area contributed by atoms with Crippen molar-refractivity contribution in [3.63, 3.8) is 0 Å². The van der Waals surface area contributed by atoms with E-state index in [4.69, 9.17) is 9.47 Å². The molecule has 1 aromatic rings. The summed E-state index contributed by atoms with van der Waals surface area (Å²) in [4.78, 5) is 11.2. The third-order valence-corrected chi connectivity index (χ3v) is 1.37. The van der Waals surface area contributed by atoms with Crippen LogP contribution < -0.4 is 0 Å². The third-order valence-electron chi connectivity index (χ3n) is 1.37. The van der Waals surface area contributed by atoms with Gasteiger partial charge in [0.2, 0.25) is 0 Å². The maximum atomic E-state index is 11.2. The Hall–Kier alpha value is -1.43. The standard InChI is InChI=1S/C7H11N3O3/c1-3-13-7(11)6-5(4-12-2)8-10-9-6/h3-4H2,1-2H3,(H,8,9,10). The summed E-state index contributed by atoms with van der Waals surface area (Å²) in [6.45, 7) is 2.29. The van der Waals surface area contributed by atoms with Crippen molar-refractivity contribution in [2.45, 2.75) is 13.5 Å². The van der Waals surface area contributed by atoms with Crippen LogP contribution in [0.2, 0.25) is 0 Å². The number of esters is 1. The van der Waals surface area contributed by atoms with Gasteiger partial charge >= 0.3 is 5.97 Å². The summed E-state index contributed by atoms with van der Waals surface area (Å²) in [6.07, 6.45) is 0. The average Bonchev–Trinajstić information content (AvgIpc) is 2.54. The lowest BCUT2D eigenvalue weighted by atomic mass is 10.3. The fourth-order valence-corrected chi connectivity index (χ4v) is 0.853. The minimum atomic E-state index is -0.483. The number of nitrogens with zero attached hydrogens (tertiary/aromatic N) is 2. The van der Waals surface area contributed by atoms with Gasteiger partial charge in [-0.05, 0) is 6.92 Å². The van der Waals surface area contributed by atoms with Crippen LogP contribution >= 0.6 is 0 Å². The number of aromatic nitrogens is 3. The molecule has 1 aromatic heterocycles. The topological polar surface area (TPSA) is 77.1 Å². The molecule has 0 radical (unpaired) electrons. The number of hydrogen-bond acceptors (Lipinski definition) is 5. The number of H-pyrrole nitrogens is 1. The normalized spacial score (nSPS) is 10.0. The summed E-state index contributed by atoms with van der Waals surface area (Å²) >= 11 is 0. The molecule has 1 heterocycles. The summed E-state index contributed by atoms with van der Waals surface area (Å²) in [6, 6.07) is 0. The summed E-state index contributed by atoms with van der Waals surface area (Å²) < 4.78 is 9.58. The van der Waals surface area contributed by atoms with E-state index in [1.165, 1.54) is 7.11 Å². The number of rotatable bonds is 4. The Labute approximate surface area is 75.2 Å². The van der Waals surface area contributed by atoms with E-state index >= 15 is 0 Å². The highest BCUT2D eigenvalue weighted by Crippen LogP contribution is 2.03. The van der Waals surface area contributed by atoms with Crippen molar-refractivity contribution >= 4 is 5.97 Å². The van der Waals surface area contributed by atoms with Gasteiger partial charge in [0.25, 0.3) is 0 Å². The summed E-state index contributed by atoms with van der Waals surface area (Å²) in [5.41, 5.74) is 0.643. The highest BCUT2D eigenvalue weighted by atomic mass is 16.5. The van der Waals surface area contributed by atoms with Crippen molar-refractivity contribution in [2.75, 3.05) is 13.7 Å². The fourth-order valence-electron chi connectivity index (χ4n) is 0.853. The minimum Gasteiger partial charge on any atom is -0.461 e. The van der Waals surface area contributed by atoms with Crippen LogP contribution in [0, 0.1) is 0 Å². The molecule has 0 atom stereocenters. The van der Waals surface area contributed by atoms with Gasteiger partial charge in [-0.1, -0.05) is 0 Å². The molecule has 13 heavy (non-hydrogen) atoms. The smallest absolute Gasteiger partial charge is 0.360 e. The third kappa shape index (κ3) is 2.25. The van der Waals surface area contributed by atoms with E-state index in [0.29, 0.717) is 12.3 Å². The zero-order valence-corrected chi connectivity index (χ0v) is 7.53. The molecule has 6 nitrogen and oxygen atoms in total. The van der Waals surface area contributed by atoms with E-state index in [-0.39, 0.29) is 12.3 Å². The molecular formula is C7H11N3O3. The van der Waals surface area contributed by atoms with E-state index in [1.54, 1.807) is 6.92 Å². The molecule has 0 amide bonds. The first-order chi connectivity index (χ1) is 6.29. The Balaban J connectivity index is 2.74. The van der Waals surface area contributed by atoms with Crippen molar-refractivity contribution in [3.05, 3.63) is 11.4 Å². The van der Waals surface area contributed by atoms with Crippen LogP contribution in [0.4, 0.5) is 0 Å². The second-order valence-corrected chi connectivity index (χ2v) is 2.27. The van der Waals surface area contributed by atoms with Crippen molar-refractivity contribution < 1.29 is 14.3 Å². The van der Waals surface area contributed by atoms with E-state index in [2.05, 4.69) is 15.4 Å². The van der Waals surface area contributed by atoms with Crippen LogP contribution in [0.1, 0.15) is 23.1 Å². The highest BCUT2D eigenvalue weighted by molar-refractivity contribution is 5.88. The van der Waals surface area contributed by atoms with Crippen LogP contribution in [0.3, 0.4) is 0 Å². The van der Waals surface area contributed by atoms with Crippen molar-refractivity contribution in [3.8, 4) is 0 Å². The Morgan fingerprint density at radius 3 is 2.92 bits per heavy atom. The van der Waals surface area contributed by atoms with Crippen molar-refractivity contribution in [2.24, 2.45) is 0 Å². The molecule has 72 valence electrons. The predicted octanol–water partition coefficient (Wildman–Crippen LogP) is 0.128. The maximum Gasteiger partial charge on any atom is 0.360 e. The first-order valence-corrected chi connectivity index (χ1v) is 3.85. The van der Waals surface area contributed by atoms with Crippen LogP contribution in [0.15, 0.2) is 0 Å². The van der Waals surface area contributed by atoms with Gasteiger partial charge in [0.05, 0.1) is 13.2 Å². The Morgan fingerprint density at radius 1 is 1.54 bits per heavy atom. The van der Waals surface area contributed by atoms with Gasteiger partial charge in [0.15, 0.2) is 5.69 Å².